The van der Waals surface area contributed by atoms with Gasteiger partial charge in [0.25, 0.3) is 5.91 Å². The van der Waals surface area contributed by atoms with Gasteiger partial charge >= 0.3 is 0 Å². The number of carbonyl (C=O) groups excluding carboxylic acids is 1. The number of nitrogens with one attached hydrogen (secondary N) is 1. The maximum Gasteiger partial charge on any atom is 0.252 e. The van der Waals surface area contributed by atoms with Crippen LogP contribution in [0.25, 0.3) is 0 Å². The molecule has 0 radical (unpaired) electrons. The maximum atomic E-state index is 12.0. The standard InChI is InChI=1S/C15H18N2O2S/c1-12(2)11-19-9-8-17-15(18)13-5-3-4-6-14(13)20-10-7-16/h3-6H,1,8-11H2,2H3,(H,17,18). The molecule has 0 aliphatic rings. The van der Waals surface area contributed by atoms with Crippen LogP contribution in [0.2, 0.25) is 0 Å². The molecule has 0 aliphatic heterocycles. The molecule has 0 aliphatic carbocycles. The fraction of sp³-hybridized carbons (Fsp3) is 0.333. The number of nitrogens with zero attached hydrogens (tertiary/aromatic N) is 1. The van der Waals surface area contributed by atoms with Crippen LogP contribution in [-0.4, -0.2) is 31.4 Å². The van der Waals surface area contributed by atoms with Crippen LogP contribution in [0.3, 0.4) is 0 Å². The van der Waals surface area contributed by atoms with Crippen molar-refractivity contribution in [3.63, 3.8) is 0 Å². The molecule has 1 aromatic rings. The van der Waals surface area contributed by atoms with Gasteiger partial charge in [-0.15, -0.1) is 11.8 Å². The van der Waals surface area contributed by atoms with Crippen molar-refractivity contribution in [3.8, 4) is 6.07 Å². The number of hydrogen-bond acceptors (Lipinski definition) is 4. The van der Waals surface area contributed by atoms with E-state index in [9.17, 15) is 4.79 Å². The number of ether oxygens (including phenoxy) is 1. The number of hydrogen-bond donors (Lipinski definition) is 1. The summed E-state index contributed by atoms with van der Waals surface area (Å²) in [5.74, 6) is 0.177. The van der Waals surface area contributed by atoms with Gasteiger partial charge in [-0.25, -0.2) is 0 Å². The average molecular weight is 290 g/mol. The highest BCUT2D eigenvalue weighted by Gasteiger charge is 2.10. The second-order valence-electron chi connectivity index (χ2n) is 4.21. The molecule has 0 unspecified atom stereocenters. The molecule has 0 fully saturated rings. The van der Waals surface area contributed by atoms with E-state index in [1.54, 1.807) is 6.07 Å². The lowest BCUT2D eigenvalue weighted by molar-refractivity contribution is 0.0924. The van der Waals surface area contributed by atoms with E-state index in [1.807, 2.05) is 25.1 Å². The summed E-state index contributed by atoms with van der Waals surface area (Å²) in [6, 6.07) is 9.31. The Hall–Kier alpha value is -1.77. The minimum atomic E-state index is -0.148. The third-order valence-electron chi connectivity index (χ3n) is 2.30. The lowest BCUT2D eigenvalue weighted by Gasteiger charge is -2.09. The van der Waals surface area contributed by atoms with Gasteiger partial charge in [0.2, 0.25) is 0 Å². The first-order valence-electron chi connectivity index (χ1n) is 6.24. The Morgan fingerprint density at radius 1 is 1.50 bits per heavy atom. The second-order valence-corrected chi connectivity index (χ2v) is 5.23. The Morgan fingerprint density at radius 2 is 2.25 bits per heavy atom. The fourth-order valence-electron chi connectivity index (χ4n) is 1.47. The molecule has 1 amide bonds. The van der Waals surface area contributed by atoms with Crippen LogP contribution < -0.4 is 5.32 Å². The molecule has 5 heteroatoms. The lowest BCUT2D eigenvalue weighted by atomic mass is 10.2. The van der Waals surface area contributed by atoms with E-state index < -0.39 is 0 Å². The van der Waals surface area contributed by atoms with E-state index in [2.05, 4.69) is 18.0 Å². The van der Waals surface area contributed by atoms with Gasteiger partial charge < -0.3 is 10.1 Å². The van der Waals surface area contributed by atoms with E-state index in [0.717, 1.165) is 10.5 Å². The molecular formula is C15H18N2O2S. The van der Waals surface area contributed by atoms with Gasteiger partial charge in [-0.2, -0.15) is 5.26 Å². The normalized spacial score (nSPS) is 9.80. The number of thioether (sulfide) groups is 1. The van der Waals surface area contributed by atoms with Gasteiger partial charge in [-0.3, -0.25) is 4.79 Å². The minimum absolute atomic E-state index is 0.148. The molecule has 1 aromatic carbocycles. The first-order chi connectivity index (χ1) is 9.65. The molecule has 0 aromatic heterocycles. The van der Waals surface area contributed by atoms with Crippen LogP contribution in [0.5, 0.6) is 0 Å². The zero-order valence-electron chi connectivity index (χ0n) is 11.5. The van der Waals surface area contributed by atoms with Crippen molar-refractivity contribution in [2.45, 2.75) is 11.8 Å². The highest BCUT2D eigenvalue weighted by atomic mass is 32.2. The molecular weight excluding hydrogens is 272 g/mol. The number of benzene rings is 1. The molecule has 0 saturated carbocycles. The Kier molecular flexibility index (Phi) is 7.48. The second kappa shape index (κ2) is 9.18. The van der Waals surface area contributed by atoms with Gasteiger partial charge in [0.05, 0.1) is 30.6 Å². The van der Waals surface area contributed by atoms with Crippen molar-refractivity contribution in [2.24, 2.45) is 0 Å². The molecule has 0 bridgehead atoms. The summed E-state index contributed by atoms with van der Waals surface area (Å²) in [4.78, 5) is 12.9. The summed E-state index contributed by atoms with van der Waals surface area (Å²) in [6.45, 7) is 7.03. The quantitative estimate of drug-likeness (QED) is 0.454. The Bertz CT molecular complexity index is 509. The van der Waals surface area contributed by atoms with Crippen molar-refractivity contribution in [1.82, 2.24) is 5.32 Å². The van der Waals surface area contributed by atoms with Gasteiger partial charge in [0.15, 0.2) is 0 Å². The third kappa shape index (κ3) is 5.91. The molecule has 1 rings (SSSR count). The predicted molar refractivity (Wildman–Crippen MR) is 80.7 cm³/mol. The summed E-state index contributed by atoms with van der Waals surface area (Å²) in [6.07, 6.45) is 0. The van der Waals surface area contributed by atoms with Gasteiger partial charge in [0, 0.05) is 11.4 Å². The van der Waals surface area contributed by atoms with Crippen molar-refractivity contribution >= 4 is 17.7 Å². The monoisotopic (exact) mass is 290 g/mol. The largest absolute Gasteiger partial charge is 0.375 e. The van der Waals surface area contributed by atoms with E-state index in [0.29, 0.717) is 31.1 Å². The zero-order valence-corrected chi connectivity index (χ0v) is 12.3. The SMILES string of the molecule is C=C(C)COCCNC(=O)c1ccccc1SCC#N. The minimum Gasteiger partial charge on any atom is -0.375 e. The molecule has 4 nitrogen and oxygen atoms in total. The first-order valence-corrected chi connectivity index (χ1v) is 7.23. The molecule has 20 heavy (non-hydrogen) atoms. The van der Waals surface area contributed by atoms with Gasteiger partial charge in [-0.1, -0.05) is 24.3 Å². The van der Waals surface area contributed by atoms with Crippen LogP contribution in [-0.2, 0) is 4.74 Å². The number of carbonyl (C=O) groups is 1. The lowest BCUT2D eigenvalue weighted by Crippen LogP contribution is -2.27. The molecule has 0 atom stereocenters. The molecule has 106 valence electrons. The molecule has 0 heterocycles. The summed E-state index contributed by atoms with van der Waals surface area (Å²) in [5.41, 5.74) is 1.54. The maximum absolute atomic E-state index is 12.0. The summed E-state index contributed by atoms with van der Waals surface area (Å²) in [5, 5.41) is 11.4. The summed E-state index contributed by atoms with van der Waals surface area (Å²) >= 11 is 1.36. The van der Waals surface area contributed by atoms with E-state index in [-0.39, 0.29) is 5.91 Å². The highest BCUT2D eigenvalue weighted by Crippen LogP contribution is 2.21. The Morgan fingerprint density at radius 3 is 2.95 bits per heavy atom. The van der Waals surface area contributed by atoms with Crippen molar-refractivity contribution in [3.05, 3.63) is 42.0 Å². The highest BCUT2D eigenvalue weighted by molar-refractivity contribution is 7.99. The zero-order chi connectivity index (χ0) is 14.8. The Labute approximate surface area is 123 Å². The van der Waals surface area contributed by atoms with Crippen LogP contribution in [0, 0.1) is 11.3 Å². The van der Waals surface area contributed by atoms with Crippen molar-refractivity contribution < 1.29 is 9.53 Å². The number of amides is 1. The fourth-order valence-corrected chi connectivity index (χ4v) is 2.18. The summed E-state index contributed by atoms with van der Waals surface area (Å²) < 4.78 is 5.31. The van der Waals surface area contributed by atoms with Crippen LogP contribution in [0.4, 0.5) is 0 Å². The average Bonchev–Trinajstić information content (AvgIpc) is 2.44. The predicted octanol–water partition coefficient (Wildman–Crippen LogP) is 2.62. The molecule has 0 saturated heterocycles. The van der Waals surface area contributed by atoms with E-state index in [4.69, 9.17) is 10.00 Å². The van der Waals surface area contributed by atoms with Crippen LogP contribution in [0.1, 0.15) is 17.3 Å². The van der Waals surface area contributed by atoms with Gasteiger partial charge in [-0.05, 0) is 19.1 Å². The topological polar surface area (TPSA) is 62.1 Å². The summed E-state index contributed by atoms with van der Waals surface area (Å²) in [7, 11) is 0. The van der Waals surface area contributed by atoms with Crippen LogP contribution >= 0.6 is 11.8 Å². The van der Waals surface area contributed by atoms with E-state index in [1.165, 1.54) is 11.8 Å². The van der Waals surface area contributed by atoms with Gasteiger partial charge in [0.1, 0.15) is 0 Å². The smallest absolute Gasteiger partial charge is 0.252 e. The number of rotatable bonds is 8. The number of nitriles is 1. The molecule has 1 N–H and O–H groups in total. The molecule has 0 spiro atoms. The Balaban J connectivity index is 2.46. The van der Waals surface area contributed by atoms with Crippen LogP contribution in [0.15, 0.2) is 41.3 Å². The first kappa shape index (κ1) is 16.3. The van der Waals surface area contributed by atoms with Crippen molar-refractivity contribution in [1.29, 1.82) is 5.26 Å². The van der Waals surface area contributed by atoms with E-state index >= 15 is 0 Å². The third-order valence-corrected chi connectivity index (χ3v) is 3.24. The van der Waals surface area contributed by atoms with Crippen molar-refractivity contribution in [2.75, 3.05) is 25.5 Å².